The average molecular weight is 238 g/mol. The quantitative estimate of drug-likeness (QED) is 0.868. The van der Waals surface area contributed by atoms with Crippen LogP contribution in [0.3, 0.4) is 0 Å². The Labute approximate surface area is 97.7 Å². The first-order valence-electron chi connectivity index (χ1n) is 4.96. The van der Waals surface area contributed by atoms with Crippen molar-refractivity contribution in [2.75, 3.05) is 0 Å². The Morgan fingerprint density at radius 1 is 1.44 bits per heavy atom. The maximum Gasteiger partial charge on any atom is 0.244 e. The van der Waals surface area contributed by atoms with Crippen LogP contribution in [0.5, 0.6) is 0 Å². The van der Waals surface area contributed by atoms with Crippen LogP contribution in [-0.4, -0.2) is 15.1 Å². The van der Waals surface area contributed by atoms with Crippen molar-refractivity contribution >= 4 is 11.3 Å². The highest BCUT2D eigenvalue weighted by molar-refractivity contribution is 7.07. The van der Waals surface area contributed by atoms with Gasteiger partial charge in [-0.25, -0.2) is 4.98 Å². The Morgan fingerprint density at radius 3 is 2.75 bits per heavy atom. The molecule has 0 saturated heterocycles. The molecule has 0 aliphatic rings. The lowest BCUT2D eigenvalue weighted by atomic mass is 9.87. The Hall–Kier alpha value is -1.27. The minimum absolute atomic E-state index is 0.105. The van der Waals surface area contributed by atoms with Gasteiger partial charge >= 0.3 is 0 Å². The zero-order chi connectivity index (χ0) is 11.8. The van der Waals surface area contributed by atoms with Crippen LogP contribution in [0, 0.1) is 5.41 Å². The Kier molecular flexibility index (Phi) is 2.77. The van der Waals surface area contributed by atoms with E-state index in [1.165, 1.54) is 11.3 Å². The van der Waals surface area contributed by atoms with Crippen LogP contribution >= 0.6 is 11.3 Å². The fourth-order valence-corrected chi connectivity index (χ4v) is 1.69. The molecule has 0 radical (unpaired) electrons. The van der Waals surface area contributed by atoms with Crippen molar-refractivity contribution in [3.63, 3.8) is 0 Å². The molecule has 16 heavy (non-hydrogen) atoms. The lowest BCUT2D eigenvalue weighted by Crippen LogP contribution is -2.26. The van der Waals surface area contributed by atoms with Crippen LogP contribution < -0.4 is 5.73 Å². The lowest BCUT2D eigenvalue weighted by Gasteiger charge is -2.23. The van der Waals surface area contributed by atoms with Crippen LogP contribution in [0.1, 0.15) is 32.7 Å². The molecule has 2 N–H and O–H groups in total. The average Bonchev–Trinajstić information content (AvgIpc) is 2.85. The first-order valence-corrected chi connectivity index (χ1v) is 5.90. The Balaban J connectivity index is 2.27. The molecule has 5 nitrogen and oxygen atoms in total. The summed E-state index contributed by atoms with van der Waals surface area (Å²) >= 11 is 1.49. The summed E-state index contributed by atoms with van der Waals surface area (Å²) in [5.74, 6) is 0.950. The molecule has 2 rings (SSSR count). The van der Waals surface area contributed by atoms with Crippen molar-refractivity contribution in [2.45, 2.75) is 26.8 Å². The van der Waals surface area contributed by atoms with E-state index in [0.717, 1.165) is 5.69 Å². The second kappa shape index (κ2) is 3.95. The third kappa shape index (κ3) is 2.12. The zero-order valence-corrected chi connectivity index (χ0v) is 10.3. The lowest BCUT2D eigenvalue weighted by molar-refractivity contribution is 0.253. The SMILES string of the molecule is CC(C)(C)C(N)c1nc(-c2cscn2)no1. The maximum atomic E-state index is 6.02. The van der Waals surface area contributed by atoms with E-state index >= 15 is 0 Å². The number of nitrogens with zero attached hydrogens (tertiary/aromatic N) is 3. The standard InChI is InChI=1S/C10H14N4OS/c1-10(2,3)7(11)9-13-8(14-15-9)6-4-16-5-12-6/h4-5,7H,11H2,1-3H3. The van der Waals surface area contributed by atoms with E-state index in [0.29, 0.717) is 11.7 Å². The van der Waals surface area contributed by atoms with Crippen LogP contribution in [-0.2, 0) is 0 Å². The van der Waals surface area contributed by atoms with Gasteiger partial charge in [0.1, 0.15) is 5.69 Å². The summed E-state index contributed by atoms with van der Waals surface area (Å²) in [5.41, 5.74) is 8.37. The second-order valence-corrected chi connectivity index (χ2v) is 5.39. The molecular formula is C10H14N4OS. The van der Waals surface area contributed by atoms with E-state index in [1.54, 1.807) is 5.51 Å². The second-order valence-electron chi connectivity index (χ2n) is 4.67. The molecule has 6 heteroatoms. The molecule has 0 saturated carbocycles. The predicted octanol–water partition coefficient (Wildman–Crippen LogP) is 2.24. The van der Waals surface area contributed by atoms with Gasteiger partial charge in [-0.2, -0.15) is 4.98 Å². The van der Waals surface area contributed by atoms with Crippen LogP contribution in [0.4, 0.5) is 0 Å². The van der Waals surface area contributed by atoms with Crippen LogP contribution in [0.2, 0.25) is 0 Å². The van der Waals surface area contributed by atoms with E-state index < -0.39 is 0 Å². The number of thiazole rings is 1. The van der Waals surface area contributed by atoms with Gasteiger partial charge in [0.15, 0.2) is 0 Å². The third-order valence-corrected chi connectivity index (χ3v) is 2.89. The zero-order valence-electron chi connectivity index (χ0n) is 9.47. The Bertz CT molecular complexity index is 457. The summed E-state index contributed by atoms with van der Waals surface area (Å²) in [5, 5.41) is 5.74. The van der Waals surface area contributed by atoms with Gasteiger partial charge in [-0.15, -0.1) is 11.3 Å². The molecule has 0 aliphatic heterocycles. The van der Waals surface area contributed by atoms with Crippen LogP contribution in [0.15, 0.2) is 15.4 Å². The minimum atomic E-state index is -0.271. The number of aromatic nitrogens is 3. The predicted molar refractivity (Wildman–Crippen MR) is 61.8 cm³/mol. The van der Waals surface area contributed by atoms with Gasteiger partial charge in [0, 0.05) is 5.38 Å². The molecule has 0 aliphatic carbocycles. The molecule has 0 aromatic carbocycles. The number of hydrogen-bond acceptors (Lipinski definition) is 6. The van der Waals surface area contributed by atoms with Crippen molar-refractivity contribution in [3.05, 3.63) is 16.8 Å². The first-order chi connectivity index (χ1) is 7.48. The monoisotopic (exact) mass is 238 g/mol. The minimum Gasteiger partial charge on any atom is -0.337 e. The van der Waals surface area contributed by atoms with E-state index in [-0.39, 0.29) is 11.5 Å². The maximum absolute atomic E-state index is 6.02. The molecule has 1 atom stereocenters. The number of hydrogen-bond donors (Lipinski definition) is 1. The van der Waals surface area contributed by atoms with Crippen molar-refractivity contribution < 1.29 is 4.52 Å². The molecule has 0 spiro atoms. The highest BCUT2D eigenvalue weighted by Gasteiger charge is 2.27. The molecule has 0 fully saturated rings. The van der Waals surface area contributed by atoms with E-state index in [2.05, 4.69) is 15.1 Å². The summed E-state index contributed by atoms with van der Waals surface area (Å²) in [4.78, 5) is 8.37. The van der Waals surface area contributed by atoms with Gasteiger partial charge < -0.3 is 10.3 Å². The summed E-state index contributed by atoms with van der Waals surface area (Å²) in [6.07, 6.45) is 0. The van der Waals surface area contributed by atoms with Gasteiger partial charge in [-0.05, 0) is 5.41 Å². The number of rotatable bonds is 2. The first kappa shape index (κ1) is 11.2. The molecule has 2 aromatic rings. The third-order valence-electron chi connectivity index (χ3n) is 2.30. The van der Waals surface area contributed by atoms with Gasteiger partial charge in [0.05, 0.1) is 11.6 Å². The van der Waals surface area contributed by atoms with Gasteiger partial charge in [-0.1, -0.05) is 25.9 Å². The highest BCUT2D eigenvalue weighted by Crippen LogP contribution is 2.30. The molecule has 2 aromatic heterocycles. The molecular weight excluding hydrogens is 224 g/mol. The van der Waals surface area contributed by atoms with Crippen LogP contribution in [0.25, 0.3) is 11.5 Å². The molecule has 86 valence electrons. The summed E-state index contributed by atoms with van der Waals surface area (Å²) < 4.78 is 5.16. The van der Waals surface area contributed by atoms with Gasteiger partial charge in [0.25, 0.3) is 0 Å². The molecule has 1 unspecified atom stereocenters. The summed E-state index contributed by atoms with van der Waals surface area (Å²) in [7, 11) is 0. The van der Waals surface area contributed by atoms with Gasteiger partial charge in [0.2, 0.25) is 11.7 Å². The van der Waals surface area contributed by atoms with Crippen molar-refractivity contribution in [1.82, 2.24) is 15.1 Å². The molecule has 2 heterocycles. The topological polar surface area (TPSA) is 77.8 Å². The van der Waals surface area contributed by atoms with E-state index in [1.807, 2.05) is 26.2 Å². The fraction of sp³-hybridized carbons (Fsp3) is 0.500. The largest absolute Gasteiger partial charge is 0.337 e. The number of nitrogens with two attached hydrogens (primary N) is 1. The summed E-state index contributed by atoms with van der Waals surface area (Å²) in [6.45, 7) is 6.10. The van der Waals surface area contributed by atoms with E-state index in [4.69, 9.17) is 10.3 Å². The van der Waals surface area contributed by atoms with Crippen molar-refractivity contribution in [2.24, 2.45) is 11.1 Å². The fourth-order valence-electron chi connectivity index (χ4n) is 1.16. The van der Waals surface area contributed by atoms with Crippen molar-refractivity contribution in [1.29, 1.82) is 0 Å². The molecule has 0 amide bonds. The van der Waals surface area contributed by atoms with E-state index in [9.17, 15) is 0 Å². The Morgan fingerprint density at radius 2 is 2.19 bits per heavy atom. The molecule has 0 bridgehead atoms. The van der Waals surface area contributed by atoms with Gasteiger partial charge in [-0.3, -0.25) is 0 Å². The van der Waals surface area contributed by atoms with Crippen molar-refractivity contribution in [3.8, 4) is 11.5 Å². The summed E-state index contributed by atoms with van der Waals surface area (Å²) in [6, 6.07) is -0.271. The highest BCUT2D eigenvalue weighted by atomic mass is 32.1. The normalized spacial score (nSPS) is 14.0. The smallest absolute Gasteiger partial charge is 0.244 e.